The number of Topliss-reactive ketones (excluding diaryl/α,β-unsaturated/α-hetero) is 1. The van der Waals surface area contributed by atoms with Gasteiger partial charge in [0.2, 0.25) is 5.91 Å². The van der Waals surface area contributed by atoms with Crippen molar-refractivity contribution in [1.29, 1.82) is 0 Å². The molecule has 4 rings (SSSR count). The van der Waals surface area contributed by atoms with E-state index in [1.807, 2.05) is 65.4 Å². The number of anilines is 3. The molecule has 1 aliphatic rings. The third-order valence-corrected chi connectivity index (χ3v) is 6.18. The van der Waals surface area contributed by atoms with E-state index >= 15 is 0 Å². The summed E-state index contributed by atoms with van der Waals surface area (Å²) in [4.78, 5) is 27.1. The van der Waals surface area contributed by atoms with Gasteiger partial charge in [0.15, 0.2) is 17.8 Å². The van der Waals surface area contributed by atoms with Gasteiger partial charge in [0.1, 0.15) is 0 Å². The molecule has 0 spiro atoms. The van der Waals surface area contributed by atoms with Crippen LogP contribution in [0.1, 0.15) is 36.0 Å². The lowest BCUT2D eigenvalue weighted by Gasteiger charge is -2.31. The van der Waals surface area contributed by atoms with Crippen molar-refractivity contribution in [1.82, 2.24) is 0 Å². The predicted molar refractivity (Wildman–Crippen MR) is 127 cm³/mol. The van der Waals surface area contributed by atoms with Gasteiger partial charge in [-0.25, -0.2) is 5.01 Å². The summed E-state index contributed by atoms with van der Waals surface area (Å²) in [6, 6.07) is 17.7. The van der Waals surface area contributed by atoms with Crippen LogP contribution >= 0.6 is 11.3 Å². The van der Waals surface area contributed by atoms with Crippen molar-refractivity contribution in [2.75, 3.05) is 15.2 Å². The molecule has 158 valence electrons. The summed E-state index contributed by atoms with van der Waals surface area (Å²) in [5.41, 5.74) is 4.76. The number of ketones is 1. The summed E-state index contributed by atoms with van der Waals surface area (Å²) in [6.07, 6.45) is -0.284. The first-order valence-electron chi connectivity index (χ1n) is 10.0. The molecule has 7 heteroatoms. The van der Waals surface area contributed by atoms with E-state index < -0.39 is 0 Å². The third kappa shape index (κ3) is 4.09. The fourth-order valence-electron chi connectivity index (χ4n) is 3.62. The van der Waals surface area contributed by atoms with Crippen LogP contribution in [0, 0.1) is 13.8 Å². The second-order valence-electron chi connectivity index (χ2n) is 7.60. The number of carbonyl (C=O) groups excluding carboxylic acids is 2. The minimum atomic E-state index is -0.284. The lowest BCUT2D eigenvalue weighted by Crippen LogP contribution is -2.37. The second-order valence-corrected chi connectivity index (χ2v) is 8.55. The van der Waals surface area contributed by atoms with E-state index in [0.717, 1.165) is 27.4 Å². The molecule has 0 fully saturated rings. The van der Waals surface area contributed by atoms with Crippen LogP contribution in [0.4, 0.5) is 17.1 Å². The van der Waals surface area contributed by atoms with E-state index in [1.54, 1.807) is 11.3 Å². The van der Waals surface area contributed by atoms with Crippen LogP contribution in [-0.4, -0.2) is 17.5 Å². The molecule has 31 heavy (non-hydrogen) atoms. The Kier molecular flexibility index (Phi) is 5.61. The average molecular weight is 433 g/mol. The normalized spacial score (nSPS) is 15.7. The molecule has 6 nitrogen and oxygen atoms in total. The van der Waals surface area contributed by atoms with Gasteiger partial charge in [0.25, 0.3) is 0 Å². The van der Waals surface area contributed by atoms with Crippen molar-refractivity contribution in [3.63, 3.8) is 0 Å². The maximum atomic E-state index is 12.6. The average Bonchev–Trinajstić information content (AvgIpc) is 3.32. The number of aryl methyl sites for hydroxylation is 2. The largest absolute Gasteiger partial charge is 0.326 e. The zero-order chi connectivity index (χ0) is 22.1. The van der Waals surface area contributed by atoms with Gasteiger partial charge in [-0.1, -0.05) is 17.7 Å². The number of hydrazone groups is 1. The highest BCUT2D eigenvalue weighted by Crippen LogP contribution is 2.42. The standard InChI is InChI=1S/C24H24N4O2S/c1-15-5-9-21(10-6-15)28-24(22-16(2)13-14-31-22)27(23(26-28)17(3)29)20-11-7-19(8-12-20)25-18(4)30/h5-14,24H,1-4H3,(H,25,30)/t24-/m1/s1. The maximum absolute atomic E-state index is 12.6. The number of nitrogens with zero attached hydrogens (tertiary/aromatic N) is 3. The molecule has 1 amide bonds. The highest BCUT2D eigenvalue weighted by atomic mass is 32.1. The number of carbonyl (C=O) groups is 2. The smallest absolute Gasteiger partial charge is 0.221 e. The van der Waals surface area contributed by atoms with Crippen LogP contribution in [0.3, 0.4) is 0 Å². The molecule has 0 saturated carbocycles. The van der Waals surface area contributed by atoms with E-state index in [2.05, 4.69) is 23.7 Å². The number of nitrogens with one attached hydrogen (secondary N) is 1. The molecule has 2 aromatic carbocycles. The molecule has 0 radical (unpaired) electrons. The third-order valence-electron chi connectivity index (χ3n) is 5.12. The lowest BCUT2D eigenvalue weighted by atomic mass is 10.1. The number of thiophene rings is 1. The lowest BCUT2D eigenvalue weighted by molar-refractivity contribution is -0.114. The molecule has 0 aliphatic carbocycles. The number of amides is 1. The first kappa shape index (κ1) is 20.8. The van der Waals surface area contributed by atoms with Crippen LogP contribution in [0.25, 0.3) is 0 Å². The van der Waals surface area contributed by atoms with Crippen LogP contribution in [0.15, 0.2) is 65.1 Å². The topological polar surface area (TPSA) is 65.0 Å². The summed E-state index contributed by atoms with van der Waals surface area (Å²) in [5, 5.41) is 11.5. The number of hydrogen-bond donors (Lipinski definition) is 1. The molecule has 3 aromatic rings. The zero-order valence-electron chi connectivity index (χ0n) is 17.9. The van der Waals surface area contributed by atoms with Crippen molar-refractivity contribution in [2.24, 2.45) is 5.10 Å². The number of amidine groups is 1. The molecular weight excluding hydrogens is 408 g/mol. The summed E-state index contributed by atoms with van der Waals surface area (Å²) in [5.74, 6) is 0.142. The monoisotopic (exact) mass is 432 g/mol. The van der Waals surface area contributed by atoms with E-state index in [-0.39, 0.29) is 17.9 Å². The van der Waals surface area contributed by atoms with E-state index in [0.29, 0.717) is 11.5 Å². The molecule has 0 unspecified atom stereocenters. The summed E-state index contributed by atoms with van der Waals surface area (Å²) in [7, 11) is 0. The van der Waals surface area contributed by atoms with Crippen LogP contribution < -0.4 is 15.2 Å². The van der Waals surface area contributed by atoms with Gasteiger partial charge in [-0.15, -0.1) is 16.4 Å². The molecule has 1 atom stereocenters. The molecule has 2 heterocycles. The van der Waals surface area contributed by atoms with Crippen molar-refractivity contribution in [3.8, 4) is 0 Å². The Bertz CT molecular complexity index is 1150. The minimum Gasteiger partial charge on any atom is -0.326 e. The Labute approximate surface area is 185 Å². The highest BCUT2D eigenvalue weighted by molar-refractivity contribution is 7.10. The number of hydrogen-bond acceptors (Lipinski definition) is 6. The van der Waals surface area contributed by atoms with Gasteiger partial charge in [0.05, 0.1) is 10.6 Å². The van der Waals surface area contributed by atoms with Gasteiger partial charge in [-0.2, -0.15) is 0 Å². The number of benzene rings is 2. The zero-order valence-corrected chi connectivity index (χ0v) is 18.7. The molecule has 0 saturated heterocycles. The van der Waals surface area contributed by atoms with Gasteiger partial charge in [-0.05, 0) is 67.3 Å². The Hall–Kier alpha value is -3.45. The fourth-order valence-corrected chi connectivity index (χ4v) is 4.62. The maximum Gasteiger partial charge on any atom is 0.221 e. The van der Waals surface area contributed by atoms with Gasteiger partial charge in [0, 0.05) is 25.2 Å². The molecule has 1 aliphatic heterocycles. The summed E-state index contributed by atoms with van der Waals surface area (Å²) < 4.78 is 0. The van der Waals surface area contributed by atoms with E-state index in [1.165, 1.54) is 13.8 Å². The van der Waals surface area contributed by atoms with Gasteiger partial charge >= 0.3 is 0 Å². The minimum absolute atomic E-state index is 0.111. The quantitative estimate of drug-likeness (QED) is 0.598. The van der Waals surface area contributed by atoms with Gasteiger partial charge in [-0.3, -0.25) is 14.5 Å². The highest BCUT2D eigenvalue weighted by Gasteiger charge is 2.40. The molecule has 0 bridgehead atoms. The Morgan fingerprint density at radius 2 is 1.58 bits per heavy atom. The molecular formula is C24H24N4O2S. The van der Waals surface area contributed by atoms with Crippen LogP contribution in [-0.2, 0) is 9.59 Å². The Morgan fingerprint density at radius 3 is 2.13 bits per heavy atom. The molecule has 1 aromatic heterocycles. The van der Waals surface area contributed by atoms with Crippen molar-refractivity contribution in [3.05, 3.63) is 76.0 Å². The predicted octanol–water partition coefficient (Wildman–Crippen LogP) is 5.25. The summed E-state index contributed by atoms with van der Waals surface area (Å²) >= 11 is 1.65. The second kappa shape index (κ2) is 8.35. The van der Waals surface area contributed by atoms with Crippen molar-refractivity contribution < 1.29 is 9.59 Å². The van der Waals surface area contributed by atoms with Gasteiger partial charge < -0.3 is 5.32 Å². The summed E-state index contributed by atoms with van der Waals surface area (Å²) in [6.45, 7) is 7.13. The first-order valence-corrected chi connectivity index (χ1v) is 10.9. The SMILES string of the molecule is CC(=O)Nc1ccc(N2C(C(C)=O)=NN(c3ccc(C)cc3)[C@@H]2c2sccc2C)cc1. The fraction of sp³-hybridized carbons (Fsp3) is 0.208. The van der Waals surface area contributed by atoms with Crippen LogP contribution in [0.2, 0.25) is 0 Å². The van der Waals surface area contributed by atoms with Crippen molar-refractivity contribution >= 4 is 45.9 Å². The number of rotatable bonds is 5. The van der Waals surface area contributed by atoms with Crippen molar-refractivity contribution in [2.45, 2.75) is 33.9 Å². The Balaban J connectivity index is 1.83. The molecule has 1 N–H and O–H groups in total. The van der Waals surface area contributed by atoms with E-state index in [9.17, 15) is 9.59 Å². The Morgan fingerprint density at radius 1 is 0.935 bits per heavy atom. The van der Waals surface area contributed by atoms with E-state index in [4.69, 9.17) is 5.10 Å². The van der Waals surface area contributed by atoms with Crippen LogP contribution in [0.5, 0.6) is 0 Å². The first-order chi connectivity index (χ1) is 14.8.